The predicted octanol–water partition coefficient (Wildman–Crippen LogP) is 10.3. The Kier molecular flexibility index (Phi) is 17.8. The number of Topliss-reactive ketones (excluding diaryl/α,β-unsaturated/α-hetero) is 2. The summed E-state index contributed by atoms with van der Waals surface area (Å²) in [5.41, 5.74) is 9.20. The van der Waals surface area contributed by atoms with Gasteiger partial charge in [0.15, 0.2) is 17.3 Å². The number of nitrogens with zero attached hydrogens (tertiary/aromatic N) is 3. The number of fused-ring (bicyclic) bond motifs is 8. The summed E-state index contributed by atoms with van der Waals surface area (Å²) in [6, 6.07) is 27.9. The van der Waals surface area contributed by atoms with Crippen LogP contribution in [0, 0.1) is 12.8 Å². The molecule has 0 fully saturated rings. The number of ether oxygens (including phenoxy) is 3. The van der Waals surface area contributed by atoms with Crippen molar-refractivity contribution >= 4 is 64.2 Å². The van der Waals surface area contributed by atoms with Crippen molar-refractivity contribution in [1.29, 1.82) is 0 Å². The summed E-state index contributed by atoms with van der Waals surface area (Å²) in [5, 5.41) is 9.09. The monoisotopic (exact) mass is 1060 g/mol. The zero-order chi connectivity index (χ0) is 54.9. The molecule has 0 bridgehead atoms. The Labute approximate surface area is 457 Å². The molecule has 78 heavy (non-hydrogen) atoms. The van der Waals surface area contributed by atoms with Gasteiger partial charge in [-0.1, -0.05) is 56.7 Å². The number of hydrogen-bond donors (Lipinski definition) is 3. The van der Waals surface area contributed by atoms with Crippen LogP contribution in [0.25, 0.3) is 0 Å². The predicted molar refractivity (Wildman–Crippen MR) is 303 cm³/mol. The zero-order valence-corrected chi connectivity index (χ0v) is 45.6. The van der Waals surface area contributed by atoms with Gasteiger partial charge in [0.25, 0.3) is 11.8 Å². The van der Waals surface area contributed by atoms with Gasteiger partial charge in [0, 0.05) is 79.0 Å². The number of carbonyl (C=O) groups excluding carboxylic acids is 6. The molecule has 9 rings (SSSR count). The van der Waals surface area contributed by atoms with Gasteiger partial charge in [0.1, 0.15) is 24.7 Å². The minimum atomic E-state index is -0.799. The van der Waals surface area contributed by atoms with Gasteiger partial charge in [-0.05, 0) is 154 Å². The van der Waals surface area contributed by atoms with Crippen molar-refractivity contribution < 1.29 is 43.0 Å². The summed E-state index contributed by atoms with van der Waals surface area (Å²) in [6.45, 7) is 9.32. The topological polar surface area (TPSA) is 185 Å². The van der Waals surface area contributed by atoms with E-state index < -0.39 is 12.0 Å². The van der Waals surface area contributed by atoms with Crippen LogP contribution < -0.4 is 40.0 Å². The highest BCUT2D eigenvalue weighted by Gasteiger charge is 2.39. The van der Waals surface area contributed by atoms with E-state index in [4.69, 9.17) is 19.2 Å². The van der Waals surface area contributed by atoms with Crippen LogP contribution in [-0.2, 0) is 51.7 Å². The van der Waals surface area contributed by atoms with E-state index in [0.29, 0.717) is 89.4 Å². The van der Waals surface area contributed by atoms with E-state index in [2.05, 4.69) is 28.9 Å². The lowest BCUT2D eigenvalue weighted by Gasteiger charge is -2.23. The molecule has 0 aliphatic carbocycles. The minimum absolute atomic E-state index is 0.0599. The van der Waals surface area contributed by atoms with Crippen LogP contribution in [0.3, 0.4) is 0 Å². The zero-order valence-electron chi connectivity index (χ0n) is 45.6. The van der Waals surface area contributed by atoms with Gasteiger partial charge in [0.2, 0.25) is 11.8 Å². The summed E-state index contributed by atoms with van der Waals surface area (Å²) in [6.07, 6.45) is 10.0. The molecule has 0 aromatic heterocycles. The molecule has 0 radical (unpaired) electrons. The smallest absolute Gasteiger partial charge is 0.261 e. The van der Waals surface area contributed by atoms with Gasteiger partial charge in [-0.2, -0.15) is 0 Å². The summed E-state index contributed by atoms with van der Waals surface area (Å²) >= 11 is 0. The molecule has 15 nitrogen and oxygen atoms in total. The molecule has 0 unspecified atom stereocenters. The molecule has 5 aromatic rings. The van der Waals surface area contributed by atoms with Crippen molar-refractivity contribution in [2.75, 3.05) is 35.3 Å². The number of rotatable bonds is 25. The summed E-state index contributed by atoms with van der Waals surface area (Å²) in [7, 11) is 1.55. The van der Waals surface area contributed by atoms with Crippen LogP contribution in [0.5, 0.6) is 17.2 Å². The first-order valence-electron chi connectivity index (χ1n) is 27.7. The fourth-order valence-electron chi connectivity index (χ4n) is 11.1. The number of methoxy groups -OCH3 is 1. The van der Waals surface area contributed by atoms with Crippen LogP contribution in [0.4, 0.5) is 22.7 Å². The third kappa shape index (κ3) is 12.8. The average molecular weight is 1060 g/mol. The second-order valence-electron chi connectivity index (χ2n) is 21.2. The number of aryl methyl sites for hydroxylation is 2. The van der Waals surface area contributed by atoms with Crippen molar-refractivity contribution in [3.05, 3.63) is 136 Å². The second-order valence-corrected chi connectivity index (χ2v) is 21.2. The Balaban J connectivity index is 0.865. The highest BCUT2D eigenvalue weighted by Crippen LogP contribution is 2.42. The number of ketones is 2. The normalized spacial score (nSPS) is 16.6. The number of anilines is 3. The minimum Gasteiger partial charge on any atom is -0.493 e. The third-order valence-electron chi connectivity index (χ3n) is 15.4. The molecule has 5 aromatic carbocycles. The number of unbranched alkanes of at least 4 members (excludes halogenated alkanes) is 3. The van der Waals surface area contributed by atoms with E-state index in [-0.39, 0.29) is 73.3 Å². The number of hydrogen-bond acceptors (Lipinski definition) is 11. The van der Waals surface area contributed by atoms with Gasteiger partial charge >= 0.3 is 0 Å². The SMILES string of the molecule is CCNCCCCCC(=O)CCCCC(=O)N[C@@H](C)C(=O)C[C@@H](C)C(=O)Nc1cc(COc2cc3c(cc2C)C(=O)N2c4ccccc4C[C@H]2C=N3)cc(COc2cc3c(cc2OC)C(=O)N2c4ccccc4C[C@H]2CC3)c1. The first kappa shape index (κ1) is 55.1. The molecule has 4 amide bonds. The summed E-state index contributed by atoms with van der Waals surface area (Å²) in [5.74, 6) is -0.209. The number of nitrogens with one attached hydrogen (secondary N) is 3. The van der Waals surface area contributed by atoms with E-state index in [1.54, 1.807) is 33.1 Å². The Morgan fingerprint density at radius 1 is 0.718 bits per heavy atom. The quantitative estimate of drug-likeness (QED) is 0.0475. The Bertz CT molecular complexity index is 3110. The van der Waals surface area contributed by atoms with E-state index in [0.717, 1.165) is 73.3 Å². The third-order valence-corrected chi connectivity index (χ3v) is 15.4. The second kappa shape index (κ2) is 25.2. The van der Waals surface area contributed by atoms with Crippen molar-refractivity contribution in [2.45, 2.75) is 143 Å². The van der Waals surface area contributed by atoms with E-state index >= 15 is 0 Å². The summed E-state index contributed by atoms with van der Waals surface area (Å²) < 4.78 is 18.8. The maximum absolute atomic E-state index is 14.2. The lowest BCUT2D eigenvalue weighted by molar-refractivity contribution is -0.129. The summed E-state index contributed by atoms with van der Waals surface area (Å²) in [4.78, 5) is 89.2. The Hall–Kier alpha value is -7.65. The van der Waals surface area contributed by atoms with Crippen LogP contribution in [0.2, 0.25) is 0 Å². The average Bonchev–Trinajstić information content (AvgIpc) is 3.99. The first-order chi connectivity index (χ1) is 37.8. The Morgan fingerprint density at radius 3 is 2.12 bits per heavy atom. The first-order valence-corrected chi connectivity index (χ1v) is 27.7. The van der Waals surface area contributed by atoms with Gasteiger partial charge in [-0.15, -0.1) is 0 Å². The molecular weight excluding hydrogens is 985 g/mol. The molecular formula is C63H72N6O9. The van der Waals surface area contributed by atoms with Crippen LogP contribution in [0.15, 0.2) is 96.0 Å². The molecule has 0 spiro atoms. The molecule has 3 N–H and O–H groups in total. The number of para-hydroxylation sites is 2. The van der Waals surface area contributed by atoms with E-state index in [1.807, 2.05) is 95.7 Å². The molecule has 4 atom stereocenters. The van der Waals surface area contributed by atoms with E-state index in [1.165, 1.54) is 5.56 Å². The molecule has 0 saturated carbocycles. The lowest BCUT2D eigenvalue weighted by Crippen LogP contribution is -2.39. The highest BCUT2D eigenvalue weighted by molar-refractivity contribution is 6.15. The van der Waals surface area contributed by atoms with Gasteiger partial charge < -0.3 is 35.1 Å². The van der Waals surface area contributed by atoms with Gasteiger partial charge in [0.05, 0.1) is 30.4 Å². The molecule has 0 saturated heterocycles. The fourth-order valence-corrected chi connectivity index (χ4v) is 11.1. The molecule has 15 heteroatoms. The molecule has 4 aliphatic rings. The number of amides is 4. The van der Waals surface area contributed by atoms with Crippen molar-refractivity contribution in [1.82, 2.24) is 10.6 Å². The van der Waals surface area contributed by atoms with Crippen LogP contribution >= 0.6 is 0 Å². The van der Waals surface area contributed by atoms with E-state index in [9.17, 15) is 28.8 Å². The Morgan fingerprint density at radius 2 is 1.38 bits per heavy atom. The van der Waals surface area contributed by atoms with Crippen LogP contribution in [-0.4, -0.2) is 79.7 Å². The largest absolute Gasteiger partial charge is 0.493 e. The number of aliphatic imine (C=N–C) groups is 1. The maximum atomic E-state index is 14.2. The van der Waals surface area contributed by atoms with Crippen LogP contribution in [0.1, 0.15) is 139 Å². The molecule has 408 valence electrons. The van der Waals surface area contributed by atoms with Gasteiger partial charge in [-0.25, -0.2) is 0 Å². The van der Waals surface area contributed by atoms with Gasteiger partial charge in [-0.3, -0.25) is 38.7 Å². The number of carbonyl (C=O) groups is 6. The molecule has 4 aliphatic heterocycles. The lowest BCUT2D eigenvalue weighted by atomic mass is 9.99. The van der Waals surface area contributed by atoms with Crippen molar-refractivity contribution in [3.63, 3.8) is 0 Å². The molecule has 4 heterocycles. The fraction of sp³-hybridized carbons (Fsp3) is 0.413. The number of benzene rings is 5. The highest BCUT2D eigenvalue weighted by atomic mass is 16.5. The van der Waals surface area contributed by atoms with Crippen molar-refractivity contribution in [2.24, 2.45) is 10.9 Å². The maximum Gasteiger partial charge on any atom is 0.261 e. The standard InChI is InChI=1S/C63H72N6O9/c1-6-64-25-15-7-8-18-50(70)19-11-14-22-60(72)66-41(4)56(71)27-40(3)61(73)67-47-29-42(37-77-57-35-53-52(26-39(57)2)63(75)69-49(36-65-53)32-46-17-10-13-21-55(46)69)28-43(30-47)38-78-59-33-44-23-24-48-31-45-16-9-12-20-54(45)68(48)62(74)51(44)34-58(59)76-5/h9-10,12-13,16-17,20-21,26,28-30,33-36,40-41,48-49,64H,6-8,11,14-15,18-19,22-25,27,31-32,37-38H2,1-5H3,(H,66,72)(H,67,73)/t40-,41+,48-,49+/m1/s1. The van der Waals surface area contributed by atoms with Crippen molar-refractivity contribution in [3.8, 4) is 17.2 Å².